The number of thioether (sulfide) groups is 1. The Labute approximate surface area is 99.3 Å². The highest BCUT2D eigenvalue weighted by Gasteiger charge is 2.31. The molecular formula is C13H14O2S. The number of ether oxygens (including phenoxy) is 1. The van der Waals surface area contributed by atoms with Crippen LogP contribution in [0.4, 0.5) is 0 Å². The van der Waals surface area contributed by atoms with Crippen LogP contribution in [-0.2, 0) is 11.2 Å². The largest absolute Gasteiger partial charge is 0.495 e. The van der Waals surface area contributed by atoms with Crippen molar-refractivity contribution in [1.82, 2.24) is 0 Å². The molecule has 2 heterocycles. The third-order valence-corrected chi connectivity index (χ3v) is 4.43. The normalized spacial score (nSPS) is 24.8. The highest BCUT2D eigenvalue weighted by atomic mass is 32.2. The van der Waals surface area contributed by atoms with Crippen molar-refractivity contribution in [3.63, 3.8) is 0 Å². The molecule has 3 rings (SSSR count). The Morgan fingerprint density at radius 2 is 2.25 bits per heavy atom. The molecule has 84 valence electrons. The number of benzene rings is 1. The molecule has 2 atom stereocenters. The zero-order valence-electron chi connectivity index (χ0n) is 8.93. The predicted molar refractivity (Wildman–Crippen MR) is 64.4 cm³/mol. The van der Waals surface area contributed by atoms with Crippen LogP contribution in [-0.4, -0.2) is 23.1 Å². The minimum atomic E-state index is -0.458. The molecule has 1 N–H and O–H groups in total. The van der Waals surface area contributed by atoms with E-state index in [1.807, 2.05) is 12.1 Å². The SMILES string of the molecule is OC(C1=CCCO1)C1Cc2ccccc2S1. The first-order valence-corrected chi connectivity index (χ1v) is 6.48. The maximum atomic E-state index is 10.2. The van der Waals surface area contributed by atoms with Crippen molar-refractivity contribution < 1.29 is 9.84 Å². The fourth-order valence-corrected chi connectivity index (χ4v) is 3.52. The molecule has 0 radical (unpaired) electrons. The van der Waals surface area contributed by atoms with Gasteiger partial charge in [0.15, 0.2) is 0 Å². The summed E-state index contributed by atoms with van der Waals surface area (Å²) in [5.41, 5.74) is 1.34. The van der Waals surface area contributed by atoms with E-state index >= 15 is 0 Å². The van der Waals surface area contributed by atoms with E-state index < -0.39 is 6.10 Å². The van der Waals surface area contributed by atoms with Crippen LogP contribution in [0.1, 0.15) is 12.0 Å². The third kappa shape index (κ3) is 1.74. The third-order valence-electron chi connectivity index (χ3n) is 3.05. The van der Waals surface area contributed by atoms with Crippen LogP contribution in [0.25, 0.3) is 0 Å². The minimum Gasteiger partial charge on any atom is -0.495 e. The number of aliphatic hydroxyl groups is 1. The van der Waals surface area contributed by atoms with Gasteiger partial charge in [-0.2, -0.15) is 0 Å². The van der Waals surface area contributed by atoms with Crippen molar-refractivity contribution in [3.05, 3.63) is 41.7 Å². The Morgan fingerprint density at radius 3 is 3.00 bits per heavy atom. The minimum absolute atomic E-state index is 0.210. The summed E-state index contributed by atoms with van der Waals surface area (Å²) in [7, 11) is 0. The van der Waals surface area contributed by atoms with Crippen molar-refractivity contribution in [1.29, 1.82) is 0 Å². The summed E-state index contributed by atoms with van der Waals surface area (Å²) in [6, 6.07) is 8.36. The van der Waals surface area contributed by atoms with Crippen molar-refractivity contribution in [2.75, 3.05) is 6.61 Å². The maximum Gasteiger partial charge on any atom is 0.123 e. The molecule has 2 aliphatic heterocycles. The maximum absolute atomic E-state index is 10.2. The predicted octanol–water partition coefficient (Wildman–Crippen LogP) is 2.37. The smallest absolute Gasteiger partial charge is 0.123 e. The quantitative estimate of drug-likeness (QED) is 0.852. The van der Waals surface area contributed by atoms with Gasteiger partial charge in [-0.05, 0) is 24.1 Å². The molecular weight excluding hydrogens is 220 g/mol. The first kappa shape index (κ1) is 10.2. The van der Waals surface area contributed by atoms with E-state index in [9.17, 15) is 5.11 Å². The summed E-state index contributed by atoms with van der Waals surface area (Å²) < 4.78 is 5.42. The summed E-state index contributed by atoms with van der Waals surface area (Å²) in [4.78, 5) is 1.30. The molecule has 1 aromatic carbocycles. The fourth-order valence-electron chi connectivity index (χ4n) is 2.21. The fraction of sp³-hybridized carbons (Fsp3) is 0.385. The van der Waals surface area contributed by atoms with E-state index in [4.69, 9.17) is 4.74 Å². The molecule has 0 aliphatic carbocycles. The molecule has 0 spiro atoms. The highest BCUT2D eigenvalue weighted by Crippen LogP contribution is 2.40. The molecule has 16 heavy (non-hydrogen) atoms. The Morgan fingerprint density at radius 1 is 1.38 bits per heavy atom. The van der Waals surface area contributed by atoms with E-state index in [0.29, 0.717) is 0 Å². The van der Waals surface area contributed by atoms with Crippen LogP contribution in [0.3, 0.4) is 0 Å². The van der Waals surface area contributed by atoms with Crippen molar-refractivity contribution >= 4 is 11.8 Å². The van der Waals surface area contributed by atoms with E-state index in [1.54, 1.807) is 11.8 Å². The number of aliphatic hydroxyl groups excluding tert-OH is 1. The second-order valence-electron chi connectivity index (χ2n) is 4.16. The Bertz CT molecular complexity index is 403. The van der Waals surface area contributed by atoms with E-state index in [1.165, 1.54) is 10.5 Å². The van der Waals surface area contributed by atoms with Gasteiger partial charge in [-0.25, -0.2) is 0 Å². The van der Waals surface area contributed by atoms with Gasteiger partial charge in [0.1, 0.15) is 11.9 Å². The number of hydrogen-bond donors (Lipinski definition) is 1. The van der Waals surface area contributed by atoms with Crippen LogP contribution in [0.5, 0.6) is 0 Å². The molecule has 2 aliphatic rings. The lowest BCUT2D eigenvalue weighted by molar-refractivity contribution is 0.116. The van der Waals surface area contributed by atoms with E-state index in [-0.39, 0.29) is 5.25 Å². The number of fused-ring (bicyclic) bond motifs is 1. The first-order chi connectivity index (χ1) is 7.84. The molecule has 0 bridgehead atoms. The van der Waals surface area contributed by atoms with Crippen LogP contribution in [0.2, 0.25) is 0 Å². The summed E-state index contributed by atoms with van der Waals surface area (Å²) in [5, 5.41) is 10.4. The van der Waals surface area contributed by atoms with Crippen LogP contribution < -0.4 is 0 Å². The van der Waals surface area contributed by atoms with Gasteiger partial charge in [-0.3, -0.25) is 0 Å². The highest BCUT2D eigenvalue weighted by molar-refractivity contribution is 8.00. The molecule has 2 nitrogen and oxygen atoms in total. The summed E-state index contributed by atoms with van der Waals surface area (Å²) in [5.74, 6) is 0.769. The first-order valence-electron chi connectivity index (χ1n) is 5.60. The van der Waals surface area contributed by atoms with Gasteiger partial charge in [0.2, 0.25) is 0 Å². The summed E-state index contributed by atoms with van der Waals surface area (Å²) in [6.45, 7) is 0.719. The van der Waals surface area contributed by atoms with Gasteiger partial charge in [-0.15, -0.1) is 11.8 Å². The average molecular weight is 234 g/mol. The van der Waals surface area contributed by atoms with E-state index in [0.717, 1.165) is 25.2 Å². The number of hydrogen-bond acceptors (Lipinski definition) is 3. The monoisotopic (exact) mass is 234 g/mol. The second-order valence-corrected chi connectivity index (χ2v) is 5.44. The van der Waals surface area contributed by atoms with Crippen LogP contribution in [0.15, 0.2) is 41.0 Å². The van der Waals surface area contributed by atoms with Crippen LogP contribution in [0, 0.1) is 0 Å². The lowest BCUT2D eigenvalue weighted by Crippen LogP contribution is -2.25. The topological polar surface area (TPSA) is 29.5 Å². The molecule has 3 heteroatoms. The Balaban J connectivity index is 1.75. The lowest BCUT2D eigenvalue weighted by Gasteiger charge is -2.17. The van der Waals surface area contributed by atoms with Crippen molar-refractivity contribution in [2.45, 2.75) is 29.1 Å². The molecule has 0 fully saturated rings. The molecule has 0 saturated carbocycles. The molecule has 2 unspecified atom stereocenters. The summed E-state index contributed by atoms with van der Waals surface area (Å²) in [6.07, 6.45) is 3.41. The van der Waals surface area contributed by atoms with Gasteiger partial charge in [0, 0.05) is 16.6 Å². The van der Waals surface area contributed by atoms with Gasteiger partial charge >= 0.3 is 0 Å². The second kappa shape index (κ2) is 4.15. The summed E-state index contributed by atoms with van der Waals surface area (Å²) >= 11 is 1.76. The zero-order valence-corrected chi connectivity index (χ0v) is 9.74. The van der Waals surface area contributed by atoms with E-state index in [2.05, 4.69) is 18.2 Å². The number of rotatable bonds is 2. The molecule has 0 saturated heterocycles. The van der Waals surface area contributed by atoms with Gasteiger partial charge < -0.3 is 9.84 Å². The molecule has 1 aromatic rings. The van der Waals surface area contributed by atoms with Crippen molar-refractivity contribution in [2.24, 2.45) is 0 Å². The van der Waals surface area contributed by atoms with Gasteiger partial charge in [0.05, 0.1) is 6.61 Å². The Kier molecular flexibility index (Phi) is 2.65. The van der Waals surface area contributed by atoms with Gasteiger partial charge in [-0.1, -0.05) is 18.2 Å². The zero-order chi connectivity index (χ0) is 11.0. The van der Waals surface area contributed by atoms with Crippen LogP contribution >= 0.6 is 11.8 Å². The standard InChI is InChI=1S/C13H14O2S/c14-13(10-5-3-7-15-10)12-8-9-4-1-2-6-11(9)16-12/h1-2,4-6,12-14H,3,7-8H2. The Hall–Kier alpha value is -0.930. The van der Waals surface area contributed by atoms with Crippen molar-refractivity contribution in [3.8, 4) is 0 Å². The molecule has 0 aromatic heterocycles. The van der Waals surface area contributed by atoms with Gasteiger partial charge in [0.25, 0.3) is 0 Å². The lowest BCUT2D eigenvalue weighted by atomic mass is 10.1. The molecule has 0 amide bonds. The average Bonchev–Trinajstić information content (AvgIpc) is 2.97.